The van der Waals surface area contributed by atoms with Crippen LogP contribution in [0.1, 0.15) is 10.4 Å². The summed E-state index contributed by atoms with van der Waals surface area (Å²) in [5.41, 5.74) is 1.82. The van der Waals surface area contributed by atoms with Gasteiger partial charge in [0.1, 0.15) is 11.5 Å². The molecule has 3 N–H and O–H groups in total. The number of carbonyl (C=O) groups is 2. The summed E-state index contributed by atoms with van der Waals surface area (Å²) in [4.78, 5) is 24.4. The van der Waals surface area contributed by atoms with E-state index in [2.05, 4.69) is 16.0 Å². The van der Waals surface area contributed by atoms with E-state index in [1.165, 1.54) is 0 Å². The number of carbonyl (C=O) groups excluding carboxylic acids is 2. The normalized spacial score (nSPS) is 10.2. The predicted molar refractivity (Wildman–Crippen MR) is 121 cm³/mol. The Bertz CT molecular complexity index is 991. The standard InChI is InChI=1S/C24H25N3O4/c1-30-15-14-25-24(29)18-6-5-7-20(16-18)27-23(28)17-26-19-10-12-22(13-11-19)31-21-8-3-2-4-9-21/h2-13,16,26H,14-15,17H2,1H3,(H,25,29)(H,27,28). The minimum absolute atomic E-state index is 0.0865. The fourth-order valence-electron chi connectivity index (χ4n) is 2.76. The molecule has 0 bridgehead atoms. The number of benzene rings is 3. The van der Waals surface area contributed by atoms with Crippen molar-refractivity contribution in [2.75, 3.05) is 37.4 Å². The average molecular weight is 419 g/mol. The lowest BCUT2D eigenvalue weighted by Gasteiger charge is -2.10. The van der Waals surface area contributed by atoms with Crippen LogP contribution in [-0.2, 0) is 9.53 Å². The first-order valence-corrected chi connectivity index (χ1v) is 9.88. The van der Waals surface area contributed by atoms with Gasteiger partial charge in [0.25, 0.3) is 5.91 Å². The molecule has 160 valence electrons. The van der Waals surface area contributed by atoms with Crippen molar-refractivity contribution in [2.24, 2.45) is 0 Å². The minimum atomic E-state index is -0.221. The van der Waals surface area contributed by atoms with Crippen LogP contribution >= 0.6 is 0 Å². The van der Waals surface area contributed by atoms with Gasteiger partial charge in [0, 0.05) is 30.6 Å². The molecule has 0 aliphatic carbocycles. The highest BCUT2D eigenvalue weighted by molar-refractivity contribution is 5.98. The fourth-order valence-corrected chi connectivity index (χ4v) is 2.76. The predicted octanol–water partition coefficient (Wildman–Crippen LogP) is 3.91. The van der Waals surface area contributed by atoms with Crippen LogP contribution < -0.4 is 20.7 Å². The molecule has 3 rings (SSSR count). The quantitative estimate of drug-likeness (QED) is 0.434. The molecule has 0 aliphatic rings. The maximum atomic E-state index is 12.3. The molecule has 3 aromatic carbocycles. The van der Waals surface area contributed by atoms with E-state index < -0.39 is 0 Å². The lowest BCUT2D eigenvalue weighted by atomic mass is 10.2. The molecule has 0 saturated heterocycles. The molecule has 0 atom stereocenters. The third-order valence-corrected chi connectivity index (χ3v) is 4.29. The average Bonchev–Trinajstić information content (AvgIpc) is 2.79. The lowest BCUT2D eigenvalue weighted by molar-refractivity contribution is -0.114. The van der Waals surface area contributed by atoms with Gasteiger partial charge in [0.15, 0.2) is 0 Å². The molecule has 2 amide bonds. The molecule has 0 heterocycles. The molecular weight excluding hydrogens is 394 g/mol. The Kier molecular flexibility index (Phi) is 8.02. The van der Waals surface area contributed by atoms with Gasteiger partial charge in [-0.15, -0.1) is 0 Å². The molecular formula is C24H25N3O4. The van der Waals surface area contributed by atoms with E-state index in [0.29, 0.717) is 30.2 Å². The Labute approximate surface area is 181 Å². The van der Waals surface area contributed by atoms with Gasteiger partial charge in [-0.1, -0.05) is 24.3 Å². The van der Waals surface area contributed by atoms with Gasteiger partial charge in [0.2, 0.25) is 5.91 Å². The van der Waals surface area contributed by atoms with E-state index >= 15 is 0 Å². The molecule has 0 unspecified atom stereocenters. The Morgan fingerprint density at radius 1 is 0.839 bits per heavy atom. The molecule has 0 fully saturated rings. The largest absolute Gasteiger partial charge is 0.457 e. The minimum Gasteiger partial charge on any atom is -0.457 e. The fraction of sp³-hybridized carbons (Fsp3) is 0.167. The summed E-state index contributed by atoms with van der Waals surface area (Å²) in [5, 5.41) is 8.60. The molecule has 7 nitrogen and oxygen atoms in total. The van der Waals surface area contributed by atoms with Crippen molar-refractivity contribution < 1.29 is 19.1 Å². The second-order valence-corrected chi connectivity index (χ2v) is 6.67. The number of nitrogens with one attached hydrogen (secondary N) is 3. The van der Waals surface area contributed by atoms with Crippen molar-refractivity contribution in [1.82, 2.24) is 5.32 Å². The van der Waals surface area contributed by atoms with Crippen LogP contribution in [0.3, 0.4) is 0 Å². The van der Waals surface area contributed by atoms with Crippen LogP contribution in [0.25, 0.3) is 0 Å². The zero-order valence-corrected chi connectivity index (χ0v) is 17.3. The Morgan fingerprint density at radius 2 is 1.58 bits per heavy atom. The smallest absolute Gasteiger partial charge is 0.251 e. The van der Waals surface area contributed by atoms with Crippen LogP contribution in [0.2, 0.25) is 0 Å². The molecule has 31 heavy (non-hydrogen) atoms. The molecule has 0 spiro atoms. The molecule has 3 aromatic rings. The summed E-state index contributed by atoms with van der Waals surface area (Å²) in [6.45, 7) is 0.946. The summed E-state index contributed by atoms with van der Waals surface area (Å²) >= 11 is 0. The van der Waals surface area contributed by atoms with Gasteiger partial charge in [-0.25, -0.2) is 0 Å². The van der Waals surface area contributed by atoms with Crippen LogP contribution in [0, 0.1) is 0 Å². The number of methoxy groups -OCH3 is 1. The van der Waals surface area contributed by atoms with Crippen LogP contribution in [-0.4, -0.2) is 38.6 Å². The van der Waals surface area contributed by atoms with Crippen molar-refractivity contribution >= 4 is 23.2 Å². The Hall–Kier alpha value is -3.84. The number of hydrogen-bond acceptors (Lipinski definition) is 5. The Balaban J connectivity index is 1.47. The van der Waals surface area contributed by atoms with Crippen LogP contribution in [0.15, 0.2) is 78.9 Å². The van der Waals surface area contributed by atoms with E-state index in [0.717, 1.165) is 11.4 Å². The first-order valence-electron chi connectivity index (χ1n) is 9.88. The number of hydrogen-bond donors (Lipinski definition) is 3. The summed E-state index contributed by atoms with van der Waals surface area (Å²) < 4.78 is 10.7. The van der Waals surface area contributed by atoms with Crippen molar-refractivity contribution in [3.05, 3.63) is 84.4 Å². The number of para-hydroxylation sites is 1. The maximum Gasteiger partial charge on any atom is 0.251 e. The maximum absolute atomic E-state index is 12.3. The molecule has 7 heteroatoms. The van der Waals surface area contributed by atoms with E-state index in [1.54, 1.807) is 31.4 Å². The lowest BCUT2D eigenvalue weighted by Crippen LogP contribution is -2.27. The van der Waals surface area contributed by atoms with Crippen molar-refractivity contribution in [3.63, 3.8) is 0 Å². The molecule has 0 radical (unpaired) electrons. The van der Waals surface area contributed by atoms with Crippen LogP contribution in [0.5, 0.6) is 11.5 Å². The highest BCUT2D eigenvalue weighted by Crippen LogP contribution is 2.22. The zero-order chi connectivity index (χ0) is 21.9. The van der Waals surface area contributed by atoms with Gasteiger partial charge in [0.05, 0.1) is 13.2 Å². The second-order valence-electron chi connectivity index (χ2n) is 6.67. The van der Waals surface area contributed by atoms with E-state index in [1.807, 2.05) is 54.6 Å². The zero-order valence-electron chi connectivity index (χ0n) is 17.3. The topological polar surface area (TPSA) is 88.7 Å². The van der Waals surface area contributed by atoms with Crippen molar-refractivity contribution in [1.29, 1.82) is 0 Å². The second kappa shape index (κ2) is 11.4. The molecule has 0 saturated carbocycles. The number of amides is 2. The summed E-state index contributed by atoms with van der Waals surface area (Å²) in [7, 11) is 1.57. The van der Waals surface area contributed by atoms with E-state index in [9.17, 15) is 9.59 Å². The molecule has 0 aliphatic heterocycles. The first kappa shape index (κ1) is 21.9. The highest BCUT2D eigenvalue weighted by Gasteiger charge is 2.08. The SMILES string of the molecule is COCCNC(=O)c1cccc(NC(=O)CNc2ccc(Oc3ccccc3)cc2)c1. The number of rotatable bonds is 10. The van der Waals surface area contributed by atoms with Gasteiger partial charge in [-0.05, 0) is 54.6 Å². The first-order chi connectivity index (χ1) is 15.1. The third kappa shape index (κ3) is 7.17. The summed E-state index contributed by atoms with van der Waals surface area (Å²) in [6, 6.07) is 23.7. The third-order valence-electron chi connectivity index (χ3n) is 4.29. The molecule has 0 aromatic heterocycles. The highest BCUT2D eigenvalue weighted by atomic mass is 16.5. The Morgan fingerprint density at radius 3 is 2.32 bits per heavy atom. The van der Waals surface area contributed by atoms with Gasteiger partial charge in [-0.2, -0.15) is 0 Å². The van der Waals surface area contributed by atoms with E-state index in [-0.39, 0.29) is 18.4 Å². The number of anilines is 2. The number of ether oxygens (including phenoxy) is 2. The van der Waals surface area contributed by atoms with E-state index in [4.69, 9.17) is 9.47 Å². The van der Waals surface area contributed by atoms with Gasteiger partial charge in [-0.3, -0.25) is 9.59 Å². The van der Waals surface area contributed by atoms with Crippen molar-refractivity contribution in [2.45, 2.75) is 0 Å². The van der Waals surface area contributed by atoms with Crippen LogP contribution in [0.4, 0.5) is 11.4 Å². The van der Waals surface area contributed by atoms with Crippen molar-refractivity contribution in [3.8, 4) is 11.5 Å². The monoisotopic (exact) mass is 419 g/mol. The van der Waals surface area contributed by atoms with Gasteiger partial charge >= 0.3 is 0 Å². The van der Waals surface area contributed by atoms with Gasteiger partial charge < -0.3 is 25.4 Å². The summed E-state index contributed by atoms with van der Waals surface area (Å²) in [5.74, 6) is 1.03. The summed E-state index contributed by atoms with van der Waals surface area (Å²) in [6.07, 6.45) is 0.